The molecule has 0 aliphatic carbocycles. The highest BCUT2D eigenvalue weighted by Gasteiger charge is 2.38. The summed E-state index contributed by atoms with van der Waals surface area (Å²) in [5, 5.41) is 0.490. The van der Waals surface area contributed by atoms with E-state index >= 15 is 0 Å². The van der Waals surface area contributed by atoms with Crippen molar-refractivity contribution >= 4 is 35.2 Å². The summed E-state index contributed by atoms with van der Waals surface area (Å²) >= 11 is 6.12. The number of rotatable bonds is 8. The van der Waals surface area contributed by atoms with E-state index in [0.29, 0.717) is 46.7 Å². The van der Waals surface area contributed by atoms with Crippen molar-refractivity contribution < 1.29 is 23.8 Å². The van der Waals surface area contributed by atoms with Crippen LogP contribution in [-0.4, -0.2) is 32.2 Å². The zero-order valence-corrected chi connectivity index (χ0v) is 19.4. The highest BCUT2D eigenvalue weighted by molar-refractivity contribution is 6.31. The molecule has 168 valence electrons. The van der Waals surface area contributed by atoms with Crippen molar-refractivity contribution in [3.05, 3.63) is 69.9 Å². The average molecular weight is 456 g/mol. The van der Waals surface area contributed by atoms with E-state index in [1.807, 2.05) is 19.9 Å². The van der Waals surface area contributed by atoms with Crippen LogP contribution in [0.5, 0.6) is 11.5 Å². The van der Waals surface area contributed by atoms with E-state index in [1.165, 1.54) is 12.0 Å². The van der Waals surface area contributed by atoms with Crippen LogP contribution in [0.25, 0.3) is 6.08 Å². The third-order valence-electron chi connectivity index (χ3n) is 4.90. The number of ether oxygens (including phenoxy) is 3. The largest absolute Gasteiger partial charge is 0.490 e. The van der Waals surface area contributed by atoms with Gasteiger partial charge in [-0.2, -0.15) is 0 Å². The molecule has 3 rings (SSSR count). The normalized spacial score (nSPS) is 14.8. The Kier molecular flexibility index (Phi) is 7.59. The van der Waals surface area contributed by atoms with Crippen LogP contribution >= 0.6 is 11.6 Å². The first-order chi connectivity index (χ1) is 15.4. The van der Waals surface area contributed by atoms with Gasteiger partial charge >= 0.3 is 5.97 Å². The molecule has 6 nitrogen and oxygen atoms in total. The molecule has 0 fully saturated rings. The molecule has 2 aromatic rings. The molecule has 0 unspecified atom stereocenters. The van der Waals surface area contributed by atoms with Crippen molar-refractivity contribution in [2.45, 2.75) is 27.2 Å². The smallest absolute Gasteiger partial charge is 0.340 e. The molecule has 1 amide bonds. The average Bonchev–Trinajstić information content (AvgIpc) is 3.02. The predicted molar refractivity (Wildman–Crippen MR) is 125 cm³/mol. The number of anilines is 1. The molecule has 0 aromatic heterocycles. The first-order valence-electron chi connectivity index (χ1n) is 10.4. The second kappa shape index (κ2) is 10.4. The van der Waals surface area contributed by atoms with Crippen LogP contribution in [0, 0.1) is 0 Å². The van der Waals surface area contributed by atoms with E-state index in [1.54, 1.807) is 49.4 Å². The maximum absolute atomic E-state index is 13.4. The zero-order valence-electron chi connectivity index (χ0n) is 18.6. The molecule has 0 N–H and O–H groups in total. The van der Waals surface area contributed by atoms with Crippen molar-refractivity contribution in [1.29, 1.82) is 0 Å². The number of allylic oxidation sites excluding steroid dienone is 1. The van der Waals surface area contributed by atoms with Gasteiger partial charge in [-0.15, -0.1) is 0 Å². The Balaban J connectivity index is 2.08. The molecule has 0 bridgehead atoms. The monoisotopic (exact) mass is 455 g/mol. The fraction of sp³-hybridized carbons (Fsp3) is 0.280. The van der Waals surface area contributed by atoms with Gasteiger partial charge in [0.05, 0.1) is 37.2 Å². The number of carbonyl (C=O) groups excluding carboxylic acids is 2. The second-order valence-electron chi connectivity index (χ2n) is 7.12. The van der Waals surface area contributed by atoms with E-state index in [-0.39, 0.29) is 17.1 Å². The van der Waals surface area contributed by atoms with Gasteiger partial charge in [0.15, 0.2) is 11.5 Å². The summed E-state index contributed by atoms with van der Waals surface area (Å²) < 4.78 is 16.4. The molecule has 1 heterocycles. The number of nitrogens with zero attached hydrogens (tertiary/aromatic N) is 1. The van der Waals surface area contributed by atoms with Crippen molar-refractivity contribution in [1.82, 2.24) is 0 Å². The number of benzene rings is 2. The molecule has 32 heavy (non-hydrogen) atoms. The van der Waals surface area contributed by atoms with Gasteiger partial charge in [0, 0.05) is 10.7 Å². The van der Waals surface area contributed by atoms with Gasteiger partial charge in [-0.05, 0) is 62.2 Å². The first-order valence-corrected chi connectivity index (χ1v) is 10.8. The van der Waals surface area contributed by atoms with Gasteiger partial charge in [0.1, 0.15) is 0 Å². The molecule has 0 saturated carbocycles. The molecule has 1 aliphatic heterocycles. The molecule has 7 heteroatoms. The number of carbonyl (C=O) groups is 2. The van der Waals surface area contributed by atoms with Gasteiger partial charge < -0.3 is 14.2 Å². The van der Waals surface area contributed by atoms with E-state index in [2.05, 4.69) is 0 Å². The molecule has 0 saturated heterocycles. The minimum absolute atomic E-state index is 0.210. The summed E-state index contributed by atoms with van der Waals surface area (Å²) in [6.07, 6.45) is 2.53. The fourth-order valence-corrected chi connectivity index (χ4v) is 3.67. The van der Waals surface area contributed by atoms with Crippen molar-refractivity contribution in [3.8, 4) is 11.5 Å². The molecule has 0 radical (unpaired) electrons. The van der Waals surface area contributed by atoms with E-state index in [9.17, 15) is 9.59 Å². The summed E-state index contributed by atoms with van der Waals surface area (Å²) in [5.74, 6) is 0.288. The van der Waals surface area contributed by atoms with Crippen molar-refractivity contribution in [2.75, 3.05) is 25.2 Å². The predicted octanol–water partition coefficient (Wildman–Crippen LogP) is 5.40. The van der Waals surface area contributed by atoms with Gasteiger partial charge in [0.25, 0.3) is 5.91 Å². The molecular weight excluding hydrogens is 430 g/mol. The SMILES string of the molecule is CCCOc1ccc(/C=C2\C(=O)N(c3cccc(Cl)c3)C(C)=C2C(=O)OC)cc1OCC. The van der Waals surface area contributed by atoms with Crippen LogP contribution in [0.15, 0.2) is 59.3 Å². The summed E-state index contributed by atoms with van der Waals surface area (Å²) in [7, 11) is 1.29. The number of hydrogen-bond donors (Lipinski definition) is 0. The summed E-state index contributed by atoms with van der Waals surface area (Å²) in [4.78, 5) is 27.4. The molecular formula is C25H26ClNO5. The number of hydrogen-bond acceptors (Lipinski definition) is 5. The van der Waals surface area contributed by atoms with E-state index in [0.717, 1.165) is 6.42 Å². The third-order valence-corrected chi connectivity index (χ3v) is 5.13. The van der Waals surface area contributed by atoms with Crippen LogP contribution in [0.2, 0.25) is 5.02 Å². The lowest BCUT2D eigenvalue weighted by molar-refractivity contribution is -0.136. The molecule has 0 atom stereocenters. The zero-order chi connectivity index (χ0) is 23.3. The maximum Gasteiger partial charge on any atom is 0.340 e. The summed E-state index contributed by atoms with van der Waals surface area (Å²) in [6, 6.07) is 12.3. The van der Waals surface area contributed by atoms with Crippen molar-refractivity contribution in [2.24, 2.45) is 0 Å². The van der Waals surface area contributed by atoms with Crippen LogP contribution in [0.1, 0.15) is 32.8 Å². The van der Waals surface area contributed by atoms with Crippen LogP contribution in [0.3, 0.4) is 0 Å². The number of esters is 1. The van der Waals surface area contributed by atoms with Gasteiger partial charge in [-0.1, -0.05) is 30.7 Å². The Hall–Kier alpha value is -3.25. The summed E-state index contributed by atoms with van der Waals surface area (Å²) in [5.41, 5.74) is 2.19. The lowest BCUT2D eigenvalue weighted by Gasteiger charge is -2.18. The third kappa shape index (κ3) is 4.81. The summed E-state index contributed by atoms with van der Waals surface area (Å²) in [6.45, 7) is 6.66. The van der Waals surface area contributed by atoms with Gasteiger partial charge in [-0.25, -0.2) is 4.79 Å². The quantitative estimate of drug-likeness (QED) is 0.393. The van der Waals surface area contributed by atoms with Gasteiger partial charge in [-0.3, -0.25) is 9.69 Å². The second-order valence-corrected chi connectivity index (χ2v) is 7.55. The van der Waals surface area contributed by atoms with Crippen molar-refractivity contribution in [3.63, 3.8) is 0 Å². The van der Waals surface area contributed by atoms with Gasteiger partial charge in [0.2, 0.25) is 0 Å². The lowest BCUT2D eigenvalue weighted by Crippen LogP contribution is -2.24. The van der Waals surface area contributed by atoms with Crippen LogP contribution in [-0.2, 0) is 14.3 Å². The fourth-order valence-electron chi connectivity index (χ4n) is 3.49. The molecule has 0 spiro atoms. The number of halogens is 1. The first kappa shape index (κ1) is 23.4. The Morgan fingerprint density at radius 3 is 2.53 bits per heavy atom. The minimum Gasteiger partial charge on any atom is -0.490 e. The Morgan fingerprint density at radius 1 is 1.09 bits per heavy atom. The van der Waals surface area contributed by atoms with Crippen LogP contribution < -0.4 is 14.4 Å². The van der Waals surface area contributed by atoms with Crippen LogP contribution in [0.4, 0.5) is 5.69 Å². The molecule has 2 aromatic carbocycles. The number of amides is 1. The number of methoxy groups -OCH3 is 1. The topological polar surface area (TPSA) is 65.1 Å². The lowest BCUT2D eigenvalue weighted by atomic mass is 10.0. The Bertz CT molecular complexity index is 1090. The highest BCUT2D eigenvalue weighted by atomic mass is 35.5. The Labute approximate surface area is 193 Å². The highest BCUT2D eigenvalue weighted by Crippen LogP contribution is 2.37. The maximum atomic E-state index is 13.4. The standard InChI is InChI=1S/C25H26ClNO5/c1-5-12-32-21-11-10-17(14-22(21)31-6-2)13-20-23(25(29)30-4)16(3)27(24(20)28)19-9-7-8-18(26)15-19/h7-11,13-15H,5-6,12H2,1-4H3/b20-13-. The molecule has 1 aliphatic rings. The Morgan fingerprint density at radius 2 is 1.88 bits per heavy atom. The van der Waals surface area contributed by atoms with E-state index < -0.39 is 5.97 Å². The van der Waals surface area contributed by atoms with E-state index in [4.69, 9.17) is 25.8 Å². The minimum atomic E-state index is -0.584.